The Bertz CT molecular complexity index is 740. The van der Waals surface area contributed by atoms with Crippen LogP contribution in [0.2, 0.25) is 0 Å². The molecule has 1 aliphatic rings. The van der Waals surface area contributed by atoms with Crippen molar-refractivity contribution in [3.05, 3.63) is 42.5 Å². The molecule has 0 saturated heterocycles. The van der Waals surface area contributed by atoms with Crippen molar-refractivity contribution in [1.82, 2.24) is 0 Å². The zero-order valence-electron chi connectivity index (χ0n) is 10.3. The van der Waals surface area contributed by atoms with Gasteiger partial charge in [-0.05, 0) is 36.4 Å². The van der Waals surface area contributed by atoms with Gasteiger partial charge in [0.05, 0.1) is 4.90 Å². The van der Waals surface area contributed by atoms with Gasteiger partial charge >= 0.3 is 0 Å². The van der Waals surface area contributed by atoms with Crippen LogP contribution in [-0.4, -0.2) is 15.2 Å². The number of primary sulfonamides is 1. The molecule has 0 saturated carbocycles. The lowest BCUT2D eigenvalue weighted by Gasteiger charge is -2.07. The van der Waals surface area contributed by atoms with Crippen molar-refractivity contribution in [1.29, 1.82) is 0 Å². The third-order valence-corrected chi connectivity index (χ3v) is 3.66. The lowest BCUT2D eigenvalue weighted by molar-refractivity contribution is 0.174. The van der Waals surface area contributed by atoms with Crippen LogP contribution < -0.4 is 19.3 Å². The molecule has 0 radical (unpaired) electrons. The summed E-state index contributed by atoms with van der Waals surface area (Å²) in [7, 11) is -3.69. The second-order valence-electron chi connectivity index (χ2n) is 4.13. The molecule has 2 N–H and O–H groups in total. The van der Waals surface area contributed by atoms with Crippen LogP contribution in [0.4, 0.5) is 0 Å². The van der Waals surface area contributed by atoms with Gasteiger partial charge in [0, 0.05) is 6.07 Å². The molecule has 6 nitrogen and oxygen atoms in total. The molecule has 0 aliphatic carbocycles. The van der Waals surface area contributed by atoms with Gasteiger partial charge in [-0.3, -0.25) is 0 Å². The van der Waals surface area contributed by atoms with Gasteiger partial charge in [0.2, 0.25) is 16.8 Å². The highest BCUT2D eigenvalue weighted by molar-refractivity contribution is 7.89. The summed E-state index contributed by atoms with van der Waals surface area (Å²) in [6.45, 7) is 0.196. The zero-order valence-corrected chi connectivity index (χ0v) is 11.1. The summed E-state index contributed by atoms with van der Waals surface area (Å²) in [5.41, 5.74) is 0. The average molecular weight is 293 g/mol. The lowest BCUT2D eigenvalue weighted by Crippen LogP contribution is -2.11. The minimum absolute atomic E-state index is 0.0375. The molecule has 0 aromatic heterocycles. The van der Waals surface area contributed by atoms with E-state index < -0.39 is 10.0 Å². The first-order valence-corrected chi connectivity index (χ1v) is 7.27. The SMILES string of the molecule is NS(=O)(=O)c1ccc(Oc2ccc3c(c2)OCO3)cc1. The third-order valence-electron chi connectivity index (χ3n) is 2.73. The monoisotopic (exact) mass is 293 g/mol. The summed E-state index contributed by atoms with van der Waals surface area (Å²) >= 11 is 0. The molecule has 20 heavy (non-hydrogen) atoms. The van der Waals surface area contributed by atoms with E-state index in [9.17, 15) is 8.42 Å². The predicted molar refractivity (Wildman–Crippen MR) is 70.5 cm³/mol. The summed E-state index contributed by atoms with van der Waals surface area (Å²) in [5.74, 6) is 2.35. The smallest absolute Gasteiger partial charge is 0.238 e. The van der Waals surface area contributed by atoms with Gasteiger partial charge in [0.1, 0.15) is 11.5 Å². The van der Waals surface area contributed by atoms with Crippen molar-refractivity contribution in [3.63, 3.8) is 0 Å². The standard InChI is InChI=1S/C13H11NO5S/c14-20(15,16)11-4-1-9(2-5-11)19-10-3-6-12-13(7-10)18-8-17-12/h1-7H,8H2,(H2,14,15,16). The molecule has 2 aromatic rings. The van der Waals surface area contributed by atoms with Gasteiger partial charge in [-0.1, -0.05) is 0 Å². The van der Waals surface area contributed by atoms with Crippen molar-refractivity contribution in [2.45, 2.75) is 4.90 Å². The van der Waals surface area contributed by atoms with E-state index in [-0.39, 0.29) is 11.7 Å². The van der Waals surface area contributed by atoms with Gasteiger partial charge < -0.3 is 14.2 Å². The maximum absolute atomic E-state index is 11.1. The van der Waals surface area contributed by atoms with Crippen LogP contribution in [0.15, 0.2) is 47.4 Å². The Hall–Kier alpha value is -2.25. The highest BCUT2D eigenvalue weighted by Crippen LogP contribution is 2.36. The predicted octanol–water partition coefficient (Wildman–Crippen LogP) is 1.85. The Morgan fingerprint density at radius 2 is 1.60 bits per heavy atom. The molecular weight excluding hydrogens is 282 g/mol. The number of sulfonamides is 1. The first-order chi connectivity index (χ1) is 9.52. The molecule has 3 rings (SSSR count). The fourth-order valence-electron chi connectivity index (χ4n) is 1.77. The lowest BCUT2D eigenvalue weighted by atomic mass is 10.3. The Morgan fingerprint density at radius 3 is 2.30 bits per heavy atom. The molecule has 0 bridgehead atoms. The van der Waals surface area contributed by atoms with E-state index in [0.29, 0.717) is 23.0 Å². The van der Waals surface area contributed by atoms with Crippen LogP contribution in [0.25, 0.3) is 0 Å². The molecule has 1 heterocycles. The molecule has 0 unspecified atom stereocenters. The average Bonchev–Trinajstić information content (AvgIpc) is 2.86. The van der Waals surface area contributed by atoms with Crippen molar-refractivity contribution in [2.24, 2.45) is 5.14 Å². The summed E-state index contributed by atoms with van der Waals surface area (Å²) < 4.78 is 38.3. The number of hydrogen-bond donors (Lipinski definition) is 1. The molecular formula is C13H11NO5S. The third kappa shape index (κ3) is 2.54. The molecule has 0 spiro atoms. The molecule has 0 fully saturated rings. The topological polar surface area (TPSA) is 87.9 Å². The van der Waals surface area contributed by atoms with Crippen molar-refractivity contribution >= 4 is 10.0 Å². The first kappa shape index (κ1) is 12.8. The summed E-state index contributed by atoms with van der Waals surface area (Å²) in [5, 5.41) is 5.02. The Balaban J connectivity index is 1.81. The Morgan fingerprint density at radius 1 is 0.950 bits per heavy atom. The maximum atomic E-state index is 11.1. The number of rotatable bonds is 3. The van der Waals surface area contributed by atoms with E-state index in [4.69, 9.17) is 19.3 Å². The molecule has 0 atom stereocenters. The zero-order chi connectivity index (χ0) is 14.2. The summed E-state index contributed by atoms with van der Waals surface area (Å²) in [6.07, 6.45) is 0. The highest BCUT2D eigenvalue weighted by atomic mass is 32.2. The van der Waals surface area contributed by atoms with E-state index in [0.717, 1.165) is 0 Å². The van der Waals surface area contributed by atoms with Crippen LogP contribution in [-0.2, 0) is 10.0 Å². The Kier molecular flexibility index (Phi) is 3.00. The van der Waals surface area contributed by atoms with Crippen molar-refractivity contribution in [2.75, 3.05) is 6.79 Å². The first-order valence-electron chi connectivity index (χ1n) is 5.73. The number of hydrogen-bond acceptors (Lipinski definition) is 5. The molecule has 2 aromatic carbocycles. The van der Waals surface area contributed by atoms with E-state index in [1.165, 1.54) is 24.3 Å². The minimum atomic E-state index is -3.69. The van der Waals surface area contributed by atoms with Crippen LogP contribution in [0.1, 0.15) is 0 Å². The maximum Gasteiger partial charge on any atom is 0.238 e. The molecule has 104 valence electrons. The fraction of sp³-hybridized carbons (Fsp3) is 0.0769. The highest BCUT2D eigenvalue weighted by Gasteiger charge is 2.14. The second-order valence-corrected chi connectivity index (χ2v) is 5.69. The van der Waals surface area contributed by atoms with E-state index in [1.807, 2.05) is 0 Å². The van der Waals surface area contributed by atoms with E-state index in [1.54, 1.807) is 18.2 Å². The number of fused-ring (bicyclic) bond motifs is 1. The van der Waals surface area contributed by atoms with Gasteiger partial charge in [-0.2, -0.15) is 0 Å². The van der Waals surface area contributed by atoms with Gasteiger partial charge in [0.25, 0.3) is 0 Å². The van der Waals surface area contributed by atoms with Crippen LogP contribution in [0.5, 0.6) is 23.0 Å². The van der Waals surface area contributed by atoms with Gasteiger partial charge in [-0.25, -0.2) is 13.6 Å². The fourth-order valence-corrected chi connectivity index (χ4v) is 2.29. The van der Waals surface area contributed by atoms with Gasteiger partial charge in [-0.15, -0.1) is 0 Å². The second kappa shape index (κ2) is 4.69. The molecule has 0 amide bonds. The molecule has 7 heteroatoms. The number of benzene rings is 2. The molecule has 1 aliphatic heterocycles. The normalized spacial score (nSPS) is 13.2. The van der Waals surface area contributed by atoms with Crippen molar-refractivity contribution < 1.29 is 22.6 Å². The van der Waals surface area contributed by atoms with E-state index >= 15 is 0 Å². The minimum Gasteiger partial charge on any atom is -0.457 e. The number of ether oxygens (including phenoxy) is 3. The van der Waals surface area contributed by atoms with Crippen LogP contribution >= 0.6 is 0 Å². The largest absolute Gasteiger partial charge is 0.457 e. The van der Waals surface area contributed by atoms with Crippen LogP contribution in [0.3, 0.4) is 0 Å². The van der Waals surface area contributed by atoms with Gasteiger partial charge in [0.15, 0.2) is 11.5 Å². The quantitative estimate of drug-likeness (QED) is 0.933. The summed E-state index contributed by atoms with van der Waals surface area (Å²) in [4.78, 5) is 0.0375. The van der Waals surface area contributed by atoms with Crippen LogP contribution in [0, 0.1) is 0 Å². The summed E-state index contributed by atoms with van der Waals surface area (Å²) in [6, 6.07) is 11.0. The number of nitrogens with two attached hydrogens (primary N) is 1. The Labute approximate surface area is 115 Å². The van der Waals surface area contributed by atoms with E-state index in [2.05, 4.69) is 0 Å². The van der Waals surface area contributed by atoms with Crippen molar-refractivity contribution in [3.8, 4) is 23.0 Å².